The first-order chi connectivity index (χ1) is 13.3. The van der Waals surface area contributed by atoms with Gasteiger partial charge < -0.3 is 10.1 Å². The van der Waals surface area contributed by atoms with Crippen molar-refractivity contribution < 1.29 is 9.66 Å². The van der Waals surface area contributed by atoms with Gasteiger partial charge in [-0.3, -0.25) is 10.1 Å². The predicted octanol–water partition coefficient (Wildman–Crippen LogP) is 5.58. The molecule has 0 aliphatic heterocycles. The number of hydrogen-bond acceptors (Lipinski definition) is 7. The van der Waals surface area contributed by atoms with Gasteiger partial charge in [-0.25, -0.2) is 0 Å². The Kier molecular flexibility index (Phi) is 6.65. The number of ether oxygens (including phenoxy) is 1. The zero-order valence-corrected chi connectivity index (χ0v) is 15.8. The normalized spacial score (nSPS) is 9.43. The van der Waals surface area contributed by atoms with E-state index < -0.39 is 21.9 Å². The molecule has 0 fully saturated rings. The molecule has 0 atom stereocenters. The molecule has 0 bridgehead atoms. The molecule has 0 aliphatic carbocycles. The van der Waals surface area contributed by atoms with Crippen molar-refractivity contribution in [3.63, 3.8) is 0 Å². The number of nitrogens with one attached hydrogen (secondary N) is 1. The molecular weight excluding hydrogens is 429 g/mol. The number of halogens is 3. The minimum Gasteiger partial charge on any atom is -0.454 e. The fourth-order valence-electron chi connectivity index (χ4n) is 1.97. The lowest BCUT2D eigenvalue weighted by atomic mass is 10.2. The Morgan fingerprint density at radius 1 is 1.04 bits per heavy atom. The molecule has 0 heterocycles. The second kappa shape index (κ2) is 8.94. The standard InChI is InChI=1S/C17H6Cl3N5O3/c18-10-2-1-3-15(17(10)20)28-16-5-12(14(25(26)27)4-11(16)19)24-13(8-23)9(6-21)7-22/h1-5,24H. The van der Waals surface area contributed by atoms with E-state index in [9.17, 15) is 10.1 Å². The van der Waals surface area contributed by atoms with Crippen molar-refractivity contribution in [3.8, 4) is 29.7 Å². The lowest BCUT2D eigenvalue weighted by Gasteiger charge is -2.12. The van der Waals surface area contributed by atoms with Crippen LogP contribution in [0.4, 0.5) is 11.4 Å². The van der Waals surface area contributed by atoms with Gasteiger partial charge in [-0.2, -0.15) is 15.8 Å². The maximum Gasteiger partial charge on any atom is 0.294 e. The number of nitro groups is 1. The zero-order chi connectivity index (χ0) is 20.8. The lowest BCUT2D eigenvalue weighted by Crippen LogP contribution is -2.04. The third-order valence-electron chi connectivity index (χ3n) is 3.23. The SMILES string of the molecule is N#CC(C#N)=C(C#N)Nc1cc(Oc2cccc(Cl)c2Cl)c(Cl)cc1[N+](=O)[O-]. The topological polar surface area (TPSA) is 136 Å². The van der Waals surface area contributed by atoms with Gasteiger partial charge in [-0.1, -0.05) is 40.9 Å². The fraction of sp³-hybridized carbons (Fsp3) is 0. The summed E-state index contributed by atoms with van der Waals surface area (Å²) >= 11 is 18.0. The number of benzene rings is 2. The Labute approximate surface area is 173 Å². The summed E-state index contributed by atoms with van der Waals surface area (Å²) in [5.41, 5.74) is -1.74. The molecule has 0 spiro atoms. The summed E-state index contributed by atoms with van der Waals surface area (Å²) in [6, 6.07) is 11.4. The van der Waals surface area contributed by atoms with Crippen LogP contribution < -0.4 is 10.1 Å². The van der Waals surface area contributed by atoms with Gasteiger partial charge in [0.15, 0.2) is 5.57 Å². The van der Waals surface area contributed by atoms with E-state index in [4.69, 9.17) is 55.3 Å². The van der Waals surface area contributed by atoms with E-state index in [0.717, 1.165) is 12.1 Å². The van der Waals surface area contributed by atoms with Crippen LogP contribution in [0.5, 0.6) is 11.5 Å². The number of hydrogen-bond donors (Lipinski definition) is 1. The number of nitrogens with zero attached hydrogens (tertiary/aromatic N) is 4. The van der Waals surface area contributed by atoms with Crippen molar-refractivity contribution in [1.29, 1.82) is 15.8 Å². The molecule has 11 heteroatoms. The summed E-state index contributed by atoms with van der Waals surface area (Å²) in [4.78, 5) is 10.6. The molecule has 1 N–H and O–H groups in total. The summed E-state index contributed by atoms with van der Waals surface area (Å²) in [6.07, 6.45) is 0. The molecule has 8 nitrogen and oxygen atoms in total. The monoisotopic (exact) mass is 433 g/mol. The first-order valence-corrected chi connectivity index (χ1v) is 8.27. The van der Waals surface area contributed by atoms with Gasteiger partial charge in [-0.05, 0) is 12.1 Å². The Morgan fingerprint density at radius 3 is 2.29 bits per heavy atom. The highest BCUT2D eigenvalue weighted by atomic mass is 35.5. The summed E-state index contributed by atoms with van der Waals surface area (Å²) in [5.74, 6) is 0.105. The average Bonchev–Trinajstić information content (AvgIpc) is 2.67. The zero-order valence-electron chi connectivity index (χ0n) is 13.5. The summed E-state index contributed by atoms with van der Waals surface area (Å²) in [6.45, 7) is 0. The minimum atomic E-state index is -0.752. The van der Waals surface area contributed by atoms with Crippen LogP contribution in [-0.4, -0.2) is 4.92 Å². The number of nitriles is 3. The van der Waals surface area contributed by atoms with Crippen molar-refractivity contribution in [2.75, 3.05) is 5.32 Å². The van der Waals surface area contributed by atoms with Gasteiger partial charge in [0.2, 0.25) is 0 Å². The summed E-state index contributed by atoms with van der Waals surface area (Å²) in [7, 11) is 0. The highest BCUT2D eigenvalue weighted by molar-refractivity contribution is 6.43. The van der Waals surface area contributed by atoms with Gasteiger partial charge in [0.05, 0.1) is 15.0 Å². The molecule has 0 aliphatic rings. The van der Waals surface area contributed by atoms with Gasteiger partial charge in [-0.15, -0.1) is 0 Å². The van der Waals surface area contributed by atoms with Crippen LogP contribution in [-0.2, 0) is 0 Å². The van der Waals surface area contributed by atoms with E-state index in [2.05, 4.69) is 5.32 Å². The van der Waals surface area contributed by atoms with E-state index in [1.165, 1.54) is 24.3 Å². The van der Waals surface area contributed by atoms with Crippen molar-refractivity contribution >= 4 is 46.2 Å². The molecule has 0 aromatic heterocycles. The second-order valence-electron chi connectivity index (χ2n) is 4.92. The highest BCUT2D eigenvalue weighted by Crippen LogP contribution is 2.41. The third-order valence-corrected chi connectivity index (χ3v) is 4.33. The number of nitro benzene ring substituents is 1. The average molecular weight is 435 g/mol. The molecule has 0 amide bonds. The fourth-order valence-corrected chi connectivity index (χ4v) is 2.50. The first kappa shape index (κ1) is 20.8. The van der Waals surface area contributed by atoms with Crippen LogP contribution in [0.1, 0.15) is 0 Å². The molecule has 0 radical (unpaired) electrons. The molecule has 28 heavy (non-hydrogen) atoms. The Balaban J connectivity index is 2.58. The van der Waals surface area contributed by atoms with Crippen molar-refractivity contribution in [3.05, 3.63) is 66.8 Å². The molecular formula is C17H6Cl3N5O3. The number of rotatable bonds is 5. The van der Waals surface area contributed by atoms with Crippen molar-refractivity contribution in [2.24, 2.45) is 0 Å². The van der Waals surface area contributed by atoms with E-state index in [1.54, 1.807) is 12.1 Å². The predicted molar refractivity (Wildman–Crippen MR) is 102 cm³/mol. The Morgan fingerprint density at radius 2 is 1.71 bits per heavy atom. The molecule has 0 saturated carbocycles. The summed E-state index contributed by atoms with van der Waals surface area (Å²) in [5, 5.41) is 40.9. The van der Waals surface area contributed by atoms with Crippen molar-refractivity contribution in [2.45, 2.75) is 0 Å². The molecule has 2 rings (SSSR count). The third kappa shape index (κ3) is 4.43. The van der Waals surface area contributed by atoms with Crippen LogP contribution >= 0.6 is 34.8 Å². The van der Waals surface area contributed by atoms with Crippen LogP contribution in [0.15, 0.2) is 41.6 Å². The quantitative estimate of drug-likeness (QED) is 0.368. The maximum absolute atomic E-state index is 11.3. The van der Waals surface area contributed by atoms with Crippen LogP contribution in [0.3, 0.4) is 0 Å². The number of anilines is 1. The maximum atomic E-state index is 11.3. The van der Waals surface area contributed by atoms with Gasteiger partial charge in [0, 0.05) is 12.1 Å². The van der Waals surface area contributed by atoms with Crippen molar-refractivity contribution in [1.82, 2.24) is 0 Å². The Hall–Kier alpha value is -3.48. The van der Waals surface area contributed by atoms with Crippen LogP contribution in [0.2, 0.25) is 15.1 Å². The van der Waals surface area contributed by atoms with E-state index >= 15 is 0 Å². The van der Waals surface area contributed by atoms with Gasteiger partial charge in [0.25, 0.3) is 5.69 Å². The number of allylic oxidation sites excluding steroid dienone is 2. The van der Waals surface area contributed by atoms with E-state index in [1.807, 2.05) is 0 Å². The second-order valence-corrected chi connectivity index (χ2v) is 6.11. The van der Waals surface area contributed by atoms with Gasteiger partial charge >= 0.3 is 0 Å². The summed E-state index contributed by atoms with van der Waals surface area (Å²) < 4.78 is 5.58. The first-order valence-electron chi connectivity index (χ1n) is 7.13. The van der Waals surface area contributed by atoms with Crippen LogP contribution in [0.25, 0.3) is 0 Å². The van der Waals surface area contributed by atoms with E-state index in [-0.39, 0.29) is 32.3 Å². The molecule has 138 valence electrons. The van der Waals surface area contributed by atoms with Gasteiger partial charge in [0.1, 0.15) is 46.1 Å². The minimum absolute atomic E-state index is 0.0355. The molecule has 2 aromatic rings. The lowest BCUT2D eigenvalue weighted by molar-refractivity contribution is -0.383. The smallest absolute Gasteiger partial charge is 0.294 e. The molecule has 2 aromatic carbocycles. The van der Waals surface area contributed by atoms with E-state index in [0.29, 0.717) is 0 Å². The Bertz CT molecular complexity index is 1110. The molecule has 0 saturated heterocycles. The molecule has 0 unspecified atom stereocenters. The largest absolute Gasteiger partial charge is 0.454 e. The van der Waals surface area contributed by atoms with Crippen LogP contribution in [0, 0.1) is 44.1 Å². The highest BCUT2D eigenvalue weighted by Gasteiger charge is 2.21.